The number of nitrogens with one attached hydrogen (secondary N) is 1. The molecule has 0 saturated heterocycles. The van der Waals surface area contributed by atoms with Crippen molar-refractivity contribution in [2.45, 2.75) is 32.1 Å². The lowest BCUT2D eigenvalue weighted by Crippen LogP contribution is -2.46. The molecule has 1 aromatic carbocycles. The summed E-state index contributed by atoms with van der Waals surface area (Å²) in [5.41, 5.74) is -0.761. The van der Waals surface area contributed by atoms with E-state index in [0.717, 1.165) is 23.9 Å². The first-order valence-corrected chi connectivity index (χ1v) is 7.75. The van der Waals surface area contributed by atoms with E-state index in [-0.39, 0.29) is 11.8 Å². The third kappa shape index (κ3) is 5.19. The van der Waals surface area contributed by atoms with Crippen LogP contribution in [-0.4, -0.2) is 23.6 Å². The average molecular weight is 368 g/mol. The smallest absolute Gasteiger partial charge is 0.417 e. The number of hydrogen-bond donors (Lipinski definition) is 1. The summed E-state index contributed by atoms with van der Waals surface area (Å²) in [5, 5.41) is 3.08. The third-order valence-corrected chi connectivity index (χ3v) is 3.64. The van der Waals surface area contributed by atoms with Crippen molar-refractivity contribution in [1.82, 2.24) is 10.3 Å². The van der Waals surface area contributed by atoms with Gasteiger partial charge >= 0.3 is 12.1 Å². The molecular formula is C18H19F3N2O3. The number of carbonyl (C=O) groups excluding carboxylic acids is 1. The van der Waals surface area contributed by atoms with Crippen molar-refractivity contribution in [3.05, 3.63) is 53.7 Å². The van der Waals surface area contributed by atoms with Crippen molar-refractivity contribution in [2.75, 3.05) is 7.11 Å². The number of benzene rings is 1. The summed E-state index contributed by atoms with van der Waals surface area (Å²) < 4.78 is 47.7. The summed E-state index contributed by atoms with van der Waals surface area (Å²) in [4.78, 5) is 15.3. The van der Waals surface area contributed by atoms with Gasteiger partial charge in [0.25, 0.3) is 0 Å². The van der Waals surface area contributed by atoms with Gasteiger partial charge in [-0.25, -0.2) is 4.98 Å². The van der Waals surface area contributed by atoms with Crippen molar-refractivity contribution in [3.8, 4) is 11.6 Å². The lowest BCUT2D eigenvalue weighted by Gasteiger charge is -2.23. The molecule has 0 saturated carbocycles. The Bertz CT molecular complexity index is 742. The van der Waals surface area contributed by atoms with Gasteiger partial charge < -0.3 is 9.47 Å². The zero-order valence-electron chi connectivity index (χ0n) is 14.6. The Morgan fingerprint density at radius 1 is 1.12 bits per heavy atom. The standard InChI is InChI=1S/C18H19F3N2O3/c1-17(2,16(24)25-3)23-10-12-4-7-14(8-5-12)26-15-9-6-13(11-22-15)18(19,20)21/h4-9,11,23H,10H2,1-3H3. The molecule has 0 spiro atoms. The highest BCUT2D eigenvalue weighted by Crippen LogP contribution is 2.30. The molecule has 1 aromatic heterocycles. The molecule has 2 rings (SSSR count). The van der Waals surface area contributed by atoms with Crippen LogP contribution in [-0.2, 0) is 22.3 Å². The number of esters is 1. The molecule has 0 atom stereocenters. The van der Waals surface area contributed by atoms with E-state index in [1.165, 1.54) is 7.11 Å². The van der Waals surface area contributed by atoms with Crippen LogP contribution in [0.3, 0.4) is 0 Å². The highest BCUT2D eigenvalue weighted by Gasteiger charge is 2.30. The predicted octanol–water partition coefficient (Wildman–Crippen LogP) is 3.93. The summed E-state index contributed by atoms with van der Waals surface area (Å²) in [7, 11) is 1.33. The summed E-state index contributed by atoms with van der Waals surface area (Å²) in [6, 6.07) is 8.97. The zero-order valence-corrected chi connectivity index (χ0v) is 14.6. The minimum absolute atomic E-state index is 0.0655. The SMILES string of the molecule is COC(=O)C(C)(C)NCc1ccc(Oc2ccc(C(F)(F)F)cn2)cc1. The molecule has 0 bridgehead atoms. The lowest BCUT2D eigenvalue weighted by molar-refractivity contribution is -0.147. The molecule has 0 fully saturated rings. The van der Waals surface area contributed by atoms with Crippen molar-refractivity contribution in [2.24, 2.45) is 0 Å². The van der Waals surface area contributed by atoms with Crippen molar-refractivity contribution in [1.29, 1.82) is 0 Å². The van der Waals surface area contributed by atoms with Crippen LogP contribution in [0, 0.1) is 0 Å². The van der Waals surface area contributed by atoms with Gasteiger partial charge in [-0.05, 0) is 37.6 Å². The van der Waals surface area contributed by atoms with Gasteiger partial charge in [-0.2, -0.15) is 13.2 Å². The molecule has 0 radical (unpaired) electrons. The Kier molecular flexibility index (Phi) is 5.86. The van der Waals surface area contributed by atoms with Crippen LogP contribution in [0.5, 0.6) is 11.6 Å². The van der Waals surface area contributed by atoms with Crippen molar-refractivity contribution < 1.29 is 27.4 Å². The van der Waals surface area contributed by atoms with Crippen LogP contribution in [0.2, 0.25) is 0 Å². The van der Waals surface area contributed by atoms with Gasteiger partial charge in [0.15, 0.2) is 0 Å². The van der Waals surface area contributed by atoms with E-state index >= 15 is 0 Å². The number of rotatable bonds is 6. The number of hydrogen-bond acceptors (Lipinski definition) is 5. The molecule has 5 nitrogen and oxygen atoms in total. The average Bonchev–Trinajstić information content (AvgIpc) is 2.60. The van der Waals surface area contributed by atoms with Crippen molar-refractivity contribution >= 4 is 5.97 Å². The molecule has 140 valence electrons. The highest BCUT2D eigenvalue weighted by atomic mass is 19.4. The highest BCUT2D eigenvalue weighted by molar-refractivity contribution is 5.79. The fourth-order valence-electron chi connectivity index (χ4n) is 2.05. The summed E-state index contributed by atoms with van der Waals surface area (Å²) in [5.74, 6) is 0.134. The van der Waals surface area contributed by atoms with E-state index < -0.39 is 17.3 Å². The summed E-state index contributed by atoms with van der Waals surface area (Å²) in [6.07, 6.45) is -3.71. The minimum atomic E-state index is -4.43. The van der Waals surface area contributed by atoms with Gasteiger partial charge in [0.2, 0.25) is 5.88 Å². The number of methoxy groups -OCH3 is 1. The molecule has 2 aromatic rings. The second kappa shape index (κ2) is 7.74. The van der Waals surface area contributed by atoms with E-state index in [9.17, 15) is 18.0 Å². The number of aromatic nitrogens is 1. The van der Waals surface area contributed by atoms with Crippen LogP contribution < -0.4 is 10.1 Å². The Hall–Kier alpha value is -2.61. The van der Waals surface area contributed by atoms with Gasteiger partial charge in [0.05, 0.1) is 12.7 Å². The Balaban J connectivity index is 1.96. The second-order valence-corrected chi connectivity index (χ2v) is 6.10. The zero-order chi connectivity index (χ0) is 19.4. The summed E-state index contributed by atoms with van der Waals surface area (Å²) in [6.45, 7) is 3.86. The number of nitrogens with zero attached hydrogens (tertiary/aromatic N) is 1. The van der Waals surface area contributed by atoms with Gasteiger partial charge in [0.1, 0.15) is 11.3 Å². The predicted molar refractivity (Wildman–Crippen MR) is 88.7 cm³/mol. The Morgan fingerprint density at radius 2 is 1.77 bits per heavy atom. The normalized spacial score (nSPS) is 11.9. The van der Waals surface area contributed by atoms with E-state index in [4.69, 9.17) is 9.47 Å². The number of pyridine rings is 1. The van der Waals surface area contributed by atoms with E-state index in [2.05, 4.69) is 10.3 Å². The van der Waals surface area contributed by atoms with Crippen molar-refractivity contribution in [3.63, 3.8) is 0 Å². The fourth-order valence-corrected chi connectivity index (χ4v) is 2.05. The maximum atomic E-state index is 12.5. The largest absolute Gasteiger partial charge is 0.468 e. The van der Waals surface area contributed by atoms with E-state index in [0.29, 0.717) is 12.3 Å². The Labute approximate surface area is 149 Å². The maximum Gasteiger partial charge on any atom is 0.417 e. The number of carbonyl (C=O) groups is 1. The van der Waals surface area contributed by atoms with Crippen LogP contribution in [0.25, 0.3) is 0 Å². The first kappa shape index (κ1) is 19.7. The summed E-state index contributed by atoms with van der Waals surface area (Å²) >= 11 is 0. The lowest BCUT2D eigenvalue weighted by atomic mass is 10.1. The molecule has 0 amide bonds. The van der Waals surface area contributed by atoms with Crippen LogP contribution in [0.1, 0.15) is 25.0 Å². The molecule has 8 heteroatoms. The Morgan fingerprint density at radius 3 is 2.27 bits per heavy atom. The molecule has 1 heterocycles. The van der Waals surface area contributed by atoms with Gasteiger partial charge in [-0.15, -0.1) is 0 Å². The first-order chi connectivity index (χ1) is 12.1. The van der Waals surface area contributed by atoms with Crippen LogP contribution >= 0.6 is 0 Å². The molecular weight excluding hydrogens is 349 g/mol. The minimum Gasteiger partial charge on any atom is -0.468 e. The van der Waals surface area contributed by atoms with Gasteiger partial charge in [-0.1, -0.05) is 12.1 Å². The van der Waals surface area contributed by atoms with E-state index in [1.54, 1.807) is 38.1 Å². The third-order valence-electron chi connectivity index (χ3n) is 3.64. The molecule has 0 aliphatic rings. The fraction of sp³-hybridized carbons (Fsp3) is 0.333. The number of alkyl halides is 3. The van der Waals surface area contributed by atoms with Crippen LogP contribution in [0.15, 0.2) is 42.6 Å². The van der Waals surface area contributed by atoms with Gasteiger partial charge in [0, 0.05) is 18.8 Å². The quantitative estimate of drug-likeness (QED) is 0.783. The number of ether oxygens (including phenoxy) is 2. The molecule has 1 N–H and O–H groups in total. The molecule has 0 unspecified atom stereocenters. The topological polar surface area (TPSA) is 60.5 Å². The molecule has 0 aliphatic carbocycles. The second-order valence-electron chi connectivity index (χ2n) is 6.10. The number of halogens is 3. The molecule has 0 aliphatic heterocycles. The molecule has 26 heavy (non-hydrogen) atoms. The maximum absolute atomic E-state index is 12.5. The first-order valence-electron chi connectivity index (χ1n) is 7.75. The monoisotopic (exact) mass is 368 g/mol. The van der Waals surface area contributed by atoms with Crippen LogP contribution in [0.4, 0.5) is 13.2 Å². The van der Waals surface area contributed by atoms with E-state index in [1.807, 2.05) is 0 Å². The van der Waals surface area contributed by atoms with Gasteiger partial charge in [-0.3, -0.25) is 10.1 Å².